The van der Waals surface area contributed by atoms with Gasteiger partial charge in [0.15, 0.2) is 0 Å². The van der Waals surface area contributed by atoms with Gasteiger partial charge in [0.05, 0.1) is 13.0 Å². The highest BCUT2D eigenvalue weighted by Crippen LogP contribution is 2.33. The number of imide groups is 1. The van der Waals surface area contributed by atoms with E-state index in [0.29, 0.717) is 24.4 Å². The topological polar surface area (TPSA) is 122 Å². The van der Waals surface area contributed by atoms with Gasteiger partial charge in [-0.05, 0) is 35.0 Å². The Bertz CT molecular complexity index is 684. The Hall–Kier alpha value is -2.16. The zero-order valence-corrected chi connectivity index (χ0v) is 20.6. The quantitative estimate of drug-likeness (QED) is 0.432. The van der Waals surface area contributed by atoms with Crippen molar-refractivity contribution in [2.75, 3.05) is 19.8 Å². The monoisotopic (exact) mass is 456 g/mol. The number of carbonyl (C=O) groups excluding carboxylic acids is 4. The predicted molar refractivity (Wildman–Crippen MR) is 118 cm³/mol. The molecule has 0 saturated carbocycles. The van der Waals surface area contributed by atoms with E-state index in [0.717, 1.165) is 0 Å². The summed E-state index contributed by atoms with van der Waals surface area (Å²) in [7, 11) is 0. The van der Waals surface area contributed by atoms with Gasteiger partial charge in [-0.1, -0.05) is 48.5 Å². The van der Waals surface area contributed by atoms with Crippen LogP contribution in [-0.2, 0) is 24.0 Å². The maximum atomic E-state index is 12.2. The van der Waals surface area contributed by atoms with E-state index >= 15 is 0 Å². The highest BCUT2D eigenvalue weighted by molar-refractivity contribution is 6.01. The number of nitrogens with zero attached hydrogens (tertiary/aromatic N) is 1. The number of aliphatic hydroxyl groups excluding tert-OH is 1. The van der Waals surface area contributed by atoms with Crippen LogP contribution in [-0.4, -0.2) is 53.8 Å². The number of alkyl carbamates (subject to hydrolysis) is 1. The van der Waals surface area contributed by atoms with Gasteiger partial charge >= 0.3 is 12.1 Å². The van der Waals surface area contributed by atoms with Gasteiger partial charge in [0, 0.05) is 26.0 Å². The molecule has 2 N–H and O–H groups in total. The second-order valence-corrected chi connectivity index (χ2v) is 11.3. The third-order valence-electron chi connectivity index (χ3n) is 5.30. The first-order valence-corrected chi connectivity index (χ1v) is 11.1. The predicted octanol–water partition coefficient (Wildman–Crippen LogP) is 3.20. The van der Waals surface area contributed by atoms with E-state index in [1.807, 2.05) is 48.5 Å². The van der Waals surface area contributed by atoms with Crippen LogP contribution in [0.1, 0.15) is 80.6 Å². The average molecular weight is 457 g/mol. The minimum Gasteiger partial charge on any atom is -0.449 e. The summed E-state index contributed by atoms with van der Waals surface area (Å²) in [6, 6.07) is 0. The average Bonchev–Trinajstić information content (AvgIpc) is 2.95. The molecule has 1 atom stereocenters. The van der Waals surface area contributed by atoms with Crippen molar-refractivity contribution in [3.63, 3.8) is 0 Å². The first kappa shape index (κ1) is 27.9. The smallest absolute Gasteiger partial charge is 0.407 e. The largest absolute Gasteiger partial charge is 0.449 e. The summed E-state index contributed by atoms with van der Waals surface area (Å²) in [4.78, 5) is 52.4. The van der Waals surface area contributed by atoms with Crippen molar-refractivity contribution >= 4 is 23.9 Å². The number of rotatable bonds is 12. The van der Waals surface area contributed by atoms with Gasteiger partial charge in [0.1, 0.15) is 0 Å². The summed E-state index contributed by atoms with van der Waals surface area (Å²) in [5, 5.41) is 12.8. The van der Waals surface area contributed by atoms with Gasteiger partial charge in [-0.25, -0.2) is 9.59 Å². The van der Waals surface area contributed by atoms with E-state index in [2.05, 4.69) is 5.32 Å². The number of hydrogen-bond acceptors (Lipinski definition) is 7. The van der Waals surface area contributed by atoms with Crippen LogP contribution in [0, 0.1) is 22.2 Å². The van der Waals surface area contributed by atoms with Crippen molar-refractivity contribution in [3.8, 4) is 0 Å². The fraction of sp³-hybridized carbons (Fsp3) is 0.826. The zero-order chi connectivity index (χ0) is 24.7. The molecule has 1 saturated heterocycles. The van der Waals surface area contributed by atoms with Crippen LogP contribution in [0.4, 0.5) is 4.79 Å². The number of hydroxylamine groups is 2. The van der Waals surface area contributed by atoms with Crippen molar-refractivity contribution in [2.45, 2.75) is 80.6 Å². The van der Waals surface area contributed by atoms with Crippen LogP contribution in [0.25, 0.3) is 0 Å². The third-order valence-corrected chi connectivity index (χ3v) is 5.30. The molecule has 0 aliphatic carbocycles. The fourth-order valence-electron chi connectivity index (χ4n) is 4.24. The minimum atomic E-state index is -0.633. The van der Waals surface area contributed by atoms with Gasteiger partial charge in [0.25, 0.3) is 11.8 Å². The number of hydrogen-bond donors (Lipinski definition) is 2. The number of nitrogens with one attached hydrogen (secondary N) is 1. The first-order valence-electron chi connectivity index (χ1n) is 11.1. The molecule has 1 heterocycles. The molecule has 1 rings (SSSR count). The maximum absolute atomic E-state index is 12.2. The first-order chi connectivity index (χ1) is 14.6. The molecule has 1 fully saturated rings. The van der Waals surface area contributed by atoms with Gasteiger partial charge in [-0.2, -0.15) is 0 Å². The zero-order valence-electron chi connectivity index (χ0n) is 20.6. The molecule has 0 aromatic rings. The molecular weight excluding hydrogens is 416 g/mol. The summed E-state index contributed by atoms with van der Waals surface area (Å²) in [5.74, 6) is -1.58. The van der Waals surface area contributed by atoms with E-state index in [1.54, 1.807) is 0 Å². The second-order valence-electron chi connectivity index (χ2n) is 11.3. The van der Waals surface area contributed by atoms with Crippen LogP contribution >= 0.6 is 0 Å². The lowest BCUT2D eigenvalue weighted by atomic mass is 9.76. The lowest BCUT2D eigenvalue weighted by Gasteiger charge is -2.33. The standard InChI is InChI=1S/C23H40N2O7/c1-16(12-24-20(30)31-15-23(6,7)13-22(4,5)14-26)10-21(2,3)11-19(29)32-25-17(27)8-9-18(25)28/h16,26H,8-15H2,1-7H3,(H,24,30). The molecule has 0 aromatic carbocycles. The Morgan fingerprint density at radius 3 is 2.12 bits per heavy atom. The van der Waals surface area contributed by atoms with Crippen molar-refractivity contribution in [1.29, 1.82) is 0 Å². The molecule has 3 amide bonds. The van der Waals surface area contributed by atoms with E-state index in [4.69, 9.17) is 9.57 Å². The third kappa shape index (κ3) is 9.97. The van der Waals surface area contributed by atoms with Crippen molar-refractivity contribution in [3.05, 3.63) is 0 Å². The molecule has 0 spiro atoms. The molecule has 0 bridgehead atoms. The summed E-state index contributed by atoms with van der Waals surface area (Å²) in [6.07, 6.45) is 0.970. The number of carbonyl (C=O) groups is 4. The Kier molecular flexibility index (Phi) is 9.68. The van der Waals surface area contributed by atoms with E-state index in [1.165, 1.54) is 0 Å². The lowest BCUT2D eigenvalue weighted by molar-refractivity contribution is -0.199. The van der Waals surface area contributed by atoms with Crippen molar-refractivity contribution < 1.29 is 33.9 Å². The minimum absolute atomic E-state index is 0.0354. The maximum Gasteiger partial charge on any atom is 0.407 e. The molecule has 0 aromatic heterocycles. The van der Waals surface area contributed by atoms with E-state index in [-0.39, 0.29) is 49.2 Å². The molecule has 9 nitrogen and oxygen atoms in total. The van der Waals surface area contributed by atoms with Crippen molar-refractivity contribution in [1.82, 2.24) is 10.4 Å². The molecule has 184 valence electrons. The van der Waals surface area contributed by atoms with E-state index in [9.17, 15) is 24.3 Å². The molecule has 9 heteroatoms. The van der Waals surface area contributed by atoms with E-state index < -0.39 is 29.3 Å². The Labute approximate surface area is 191 Å². The Balaban J connectivity index is 2.39. The highest BCUT2D eigenvalue weighted by atomic mass is 16.7. The SMILES string of the molecule is CC(CNC(=O)OCC(C)(C)CC(C)(C)CO)CC(C)(C)CC(=O)ON1C(=O)CCC1=O. The molecular formula is C23H40N2O7. The van der Waals surface area contributed by atoms with Crippen molar-refractivity contribution in [2.24, 2.45) is 22.2 Å². The number of ether oxygens (including phenoxy) is 1. The van der Waals surface area contributed by atoms with Crippen LogP contribution in [0.3, 0.4) is 0 Å². The Morgan fingerprint density at radius 2 is 1.59 bits per heavy atom. The lowest BCUT2D eigenvalue weighted by Crippen LogP contribution is -2.36. The van der Waals surface area contributed by atoms with Crippen LogP contribution in [0.2, 0.25) is 0 Å². The Morgan fingerprint density at radius 1 is 1.03 bits per heavy atom. The number of aliphatic hydroxyl groups is 1. The molecule has 32 heavy (non-hydrogen) atoms. The molecule has 1 aliphatic rings. The summed E-state index contributed by atoms with van der Waals surface area (Å²) >= 11 is 0. The van der Waals surface area contributed by atoms with Crippen LogP contribution in [0.15, 0.2) is 0 Å². The highest BCUT2D eigenvalue weighted by Gasteiger charge is 2.35. The van der Waals surface area contributed by atoms with Gasteiger partial charge in [-0.3, -0.25) is 9.59 Å². The number of amides is 3. The summed E-state index contributed by atoms with van der Waals surface area (Å²) in [6.45, 7) is 14.3. The fourth-order valence-corrected chi connectivity index (χ4v) is 4.24. The van der Waals surface area contributed by atoms with Gasteiger partial charge in [-0.15, -0.1) is 5.06 Å². The summed E-state index contributed by atoms with van der Waals surface area (Å²) < 4.78 is 5.36. The van der Waals surface area contributed by atoms with Gasteiger partial charge in [0.2, 0.25) is 0 Å². The normalized spacial score (nSPS) is 16.2. The molecule has 1 aliphatic heterocycles. The summed E-state index contributed by atoms with van der Waals surface area (Å²) in [5.41, 5.74) is -0.971. The molecule has 0 radical (unpaired) electrons. The molecule has 1 unspecified atom stereocenters. The van der Waals surface area contributed by atoms with Crippen LogP contribution < -0.4 is 5.32 Å². The van der Waals surface area contributed by atoms with Gasteiger partial charge < -0.3 is 20.0 Å². The van der Waals surface area contributed by atoms with Crippen LogP contribution in [0.5, 0.6) is 0 Å². The second kappa shape index (κ2) is 11.1.